The highest BCUT2D eigenvalue weighted by Gasteiger charge is 2.23. The van der Waals surface area contributed by atoms with Crippen LogP contribution < -0.4 is 0 Å². The van der Waals surface area contributed by atoms with Crippen molar-refractivity contribution in [1.82, 2.24) is 0 Å². The molecule has 0 fully saturated rings. The topological polar surface area (TPSA) is 104 Å². The van der Waals surface area contributed by atoms with E-state index in [0.29, 0.717) is 6.42 Å². The highest BCUT2D eigenvalue weighted by molar-refractivity contribution is 5.89. The average molecular weight is 387 g/mol. The molecule has 0 aliphatic carbocycles. The monoisotopic (exact) mass is 386 g/mol. The summed E-state index contributed by atoms with van der Waals surface area (Å²) in [6.45, 7) is 1.41. The van der Waals surface area contributed by atoms with Crippen molar-refractivity contribution in [2.75, 3.05) is 6.61 Å². The first-order valence-corrected chi connectivity index (χ1v) is 10.4. The summed E-state index contributed by atoms with van der Waals surface area (Å²) >= 11 is 0. The molecule has 0 saturated heterocycles. The number of carbonyl (C=O) groups excluding carboxylic acids is 2. The quantitative estimate of drug-likeness (QED) is 0.153. The molecular formula is C21H38O6. The number of aliphatic hydroxyl groups is 3. The van der Waals surface area contributed by atoms with Gasteiger partial charge >= 0.3 is 11.9 Å². The van der Waals surface area contributed by atoms with Gasteiger partial charge in [0.25, 0.3) is 0 Å². The zero-order valence-electron chi connectivity index (χ0n) is 16.8. The van der Waals surface area contributed by atoms with Crippen molar-refractivity contribution in [2.45, 2.75) is 103 Å². The Balaban J connectivity index is 3.51. The van der Waals surface area contributed by atoms with Gasteiger partial charge in [-0.2, -0.15) is 0 Å². The molecule has 0 rings (SSSR count). The second-order valence-corrected chi connectivity index (χ2v) is 6.97. The molecule has 0 aromatic rings. The Kier molecular flexibility index (Phi) is 17.3. The van der Waals surface area contributed by atoms with Crippen molar-refractivity contribution in [2.24, 2.45) is 0 Å². The van der Waals surface area contributed by atoms with Crippen molar-refractivity contribution in [3.8, 4) is 0 Å². The van der Waals surface area contributed by atoms with E-state index in [1.807, 2.05) is 0 Å². The molecule has 0 radical (unpaired) electrons. The third-order valence-electron chi connectivity index (χ3n) is 4.41. The molecule has 0 saturated carbocycles. The highest BCUT2D eigenvalue weighted by atomic mass is 16.6. The van der Waals surface area contributed by atoms with Gasteiger partial charge in [-0.3, -0.25) is 0 Å². The Hall–Kier alpha value is -1.24. The fourth-order valence-corrected chi connectivity index (χ4v) is 2.66. The van der Waals surface area contributed by atoms with Crippen molar-refractivity contribution in [3.63, 3.8) is 0 Å². The molecule has 0 aromatic heterocycles. The lowest BCUT2D eigenvalue weighted by Crippen LogP contribution is -2.33. The summed E-state index contributed by atoms with van der Waals surface area (Å²) in [5.74, 6) is -2.32. The van der Waals surface area contributed by atoms with E-state index < -0.39 is 30.8 Å². The van der Waals surface area contributed by atoms with Gasteiger partial charge in [-0.05, 0) is 32.1 Å². The number of hydrogen-bond donors (Lipinski definition) is 3. The molecule has 6 heteroatoms. The molecule has 2 atom stereocenters. The smallest absolute Gasteiger partial charge is 0.345 e. The summed E-state index contributed by atoms with van der Waals surface area (Å²) in [5, 5.41) is 27.2. The number of carbonyl (C=O) groups is 2. The number of unbranched alkanes of at least 4 members (excludes halogenated alkanes) is 10. The lowest BCUT2D eigenvalue weighted by Gasteiger charge is -2.11. The Morgan fingerprint density at radius 3 is 1.81 bits per heavy atom. The minimum Gasteiger partial charge on any atom is -0.393 e. The second kappa shape index (κ2) is 18.1. The third kappa shape index (κ3) is 15.5. The normalized spacial score (nSPS) is 13.6. The summed E-state index contributed by atoms with van der Waals surface area (Å²) in [4.78, 5) is 22.6. The first-order valence-electron chi connectivity index (χ1n) is 10.4. The Morgan fingerprint density at radius 1 is 0.778 bits per heavy atom. The van der Waals surface area contributed by atoms with Gasteiger partial charge in [-0.25, -0.2) is 9.59 Å². The van der Waals surface area contributed by atoms with Crippen LogP contribution in [0.1, 0.15) is 90.4 Å². The fraction of sp³-hybridized carbons (Fsp3) is 0.810. The molecule has 0 amide bonds. The van der Waals surface area contributed by atoms with Crippen LogP contribution >= 0.6 is 0 Å². The Bertz CT molecular complexity index is 407. The van der Waals surface area contributed by atoms with Crippen LogP contribution in [0.2, 0.25) is 0 Å². The van der Waals surface area contributed by atoms with Gasteiger partial charge in [-0.1, -0.05) is 70.4 Å². The maximum Gasteiger partial charge on any atom is 0.345 e. The van der Waals surface area contributed by atoms with Crippen molar-refractivity contribution in [1.29, 1.82) is 0 Å². The number of hydrogen-bond acceptors (Lipinski definition) is 6. The predicted octanol–water partition coefficient (Wildman–Crippen LogP) is 3.42. The standard InChI is InChI=1S/C21H38O6/c1-2-3-4-5-6-7-8-9-10-11-12-13-14-15-16-18(23)20(25)27-21(26)19(24)17-22/h9-10,18-19,22-24H,2-8,11-17H2,1H3/b10-9-. The Morgan fingerprint density at radius 2 is 1.26 bits per heavy atom. The molecule has 0 bridgehead atoms. The largest absolute Gasteiger partial charge is 0.393 e. The van der Waals surface area contributed by atoms with Crippen LogP contribution in [-0.4, -0.2) is 46.1 Å². The molecule has 0 heterocycles. The van der Waals surface area contributed by atoms with E-state index in [0.717, 1.165) is 32.1 Å². The predicted molar refractivity (Wildman–Crippen MR) is 105 cm³/mol. The van der Waals surface area contributed by atoms with E-state index in [-0.39, 0.29) is 6.42 Å². The van der Waals surface area contributed by atoms with Gasteiger partial charge < -0.3 is 20.1 Å². The van der Waals surface area contributed by atoms with Gasteiger partial charge in [0.2, 0.25) is 0 Å². The van der Waals surface area contributed by atoms with Crippen molar-refractivity contribution < 1.29 is 29.6 Å². The Labute approximate surface area is 163 Å². The number of allylic oxidation sites excluding steroid dienone is 2. The zero-order chi connectivity index (χ0) is 20.3. The molecule has 158 valence electrons. The molecule has 3 N–H and O–H groups in total. The second-order valence-electron chi connectivity index (χ2n) is 6.97. The van der Waals surface area contributed by atoms with Crippen LogP contribution in [0, 0.1) is 0 Å². The number of rotatable bonds is 17. The van der Waals surface area contributed by atoms with E-state index in [9.17, 15) is 14.7 Å². The van der Waals surface area contributed by atoms with Crippen LogP contribution in [-0.2, 0) is 14.3 Å². The van der Waals surface area contributed by atoms with Crippen LogP contribution in [0.4, 0.5) is 0 Å². The minimum atomic E-state index is -1.75. The molecule has 2 unspecified atom stereocenters. The number of aliphatic hydroxyl groups excluding tert-OH is 3. The van der Waals surface area contributed by atoms with E-state index in [1.54, 1.807) is 0 Å². The van der Waals surface area contributed by atoms with Gasteiger partial charge in [0.1, 0.15) is 0 Å². The van der Waals surface area contributed by atoms with Crippen LogP contribution in [0.15, 0.2) is 12.2 Å². The summed E-state index contributed by atoms with van der Waals surface area (Å²) in [6, 6.07) is 0. The number of ether oxygens (including phenoxy) is 1. The molecule has 0 aliphatic heterocycles. The van der Waals surface area contributed by atoms with Gasteiger partial charge in [-0.15, -0.1) is 0 Å². The summed E-state index contributed by atoms with van der Waals surface area (Å²) < 4.78 is 4.29. The molecule has 27 heavy (non-hydrogen) atoms. The minimum absolute atomic E-state index is 0.217. The first kappa shape index (κ1) is 25.8. The number of esters is 2. The summed E-state index contributed by atoms with van der Waals surface area (Å²) in [5.41, 5.74) is 0. The van der Waals surface area contributed by atoms with Crippen LogP contribution in [0.3, 0.4) is 0 Å². The lowest BCUT2D eigenvalue weighted by molar-refractivity contribution is -0.172. The molecule has 0 aliphatic rings. The van der Waals surface area contributed by atoms with Gasteiger partial charge in [0.05, 0.1) is 6.61 Å². The SMILES string of the molecule is CCCCCCCC/C=C\CCCCCCC(O)C(=O)OC(=O)C(O)CO. The van der Waals surface area contributed by atoms with Crippen molar-refractivity contribution >= 4 is 11.9 Å². The zero-order valence-corrected chi connectivity index (χ0v) is 16.8. The molecule has 0 spiro atoms. The molecular weight excluding hydrogens is 348 g/mol. The van der Waals surface area contributed by atoms with Gasteiger partial charge in [0, 0.05) is 0 Å². The van der Waals surface area contributed by atoms with Crippen LogP contribution in [0.25, 0.3) is 0 Å². The molecule has 6 nitrogen and oxygen atoms in total. The lowest BCUT2D eigenvalue weighted by atomic mass is 10.1. The van der Waals surface area contributed by atoms with Crippen molar-refractivity contribution in [3.05, 3.63) is 12.2 Å². The molecule has 0 aromatic carbocycles. The fourth-order valence-electron chi connectivity index (χ4n) is 2.66. The average Bonchev–Trinajstić information content (AvgIpc) is 2.67. The van der Waals surface area contributed by atoms with E-state index in [4.69, 9.17) is 10.2 Å². The van der Waals surface area contributed by atoms with Gasteiger partial charge in [0.15, 0.2) is 12.2 Å². The maximum atomic E-state index is 11.4. The van der Waals surface area contributed by atoms with E-state index >= 15 is 0 Å². The first-order chi connectivity index (χ1) is 13.0. The van der Waals surface area contributed by atoms with E-state index in [2.05, 4.69) is 23.8 Å². The summed E-state index contributed by atoms with van der Waals surface area (Å²) in [7, 11) is 0. The maximum absolute atomic E-state index is 11.4. The third-order valence-corrected chi connectivity index (χ3v) is 4.41. The van der Waals surface area contributed by atoms with E-state index in [1.165, 1.54) is 38.5 Å². The summed E-state index contributed by atoms with van der Waals surface area (Å²) in [6.07, 6.45) is 15.4. The highest BCUT2D eigenvalue weighted by Crippen LogP contribution is 2.10. The van der Waals surface area contributed by atoms with Crippen LogP contribution in [0.5, 0.6) is 0 Å².